The van der Waals surface area contributed by atoms with Gasteiger partial charge in [0, 0.05) is 0 Å². The Kier molecular flexibility index (Phi) is 3.54. The normalized spacial score (nSPS) is 10.4. The van der Waals surface area contributed by atoms with E-state index in [9.17, 15) is 4.79 Å². The highest BCUT2D eigenvalue weighted by molar-refractivity contribution is 6.35. The molecule has 2 aromatic heterocycles. The van der Waals surface area contributed by atoms with Gasteiger partial charge in [0.05, 0.1) is 11.9 Å². The van der Waals surface area contributed by atoms with E-state index in [1.165, 1.54) is 6.20 Å². The summed E-state index contributed by atoms with van der Waals surface area (Å²) in [6, 6.07) is 1.61. The van der Waals surface area contributed by atoms with E-state index in [0.29, 0.717) is 17.0 Å². The monoisotopic (exact) mass is 285 g/mol. The van der Waals surface area contributed by atoms with Gasteiger partial charge in [-0.3, -0.25) is 4.79 Å². The molecule has 7 heteroatoms. The maximum Gasteiger partial charge on any atom is 0.260 e. The van der Waals surface area contributed by atoms with Gasteiger partial charge < -0.3 is 9.84 Å². The predicted molar refractivity (Wildman–Crippen MR) is 68.2 cm³/mol. The van der Waals surface area contributed by atoms with Gasteiger partial charge >= 0.3 is 0 Å². The highest BCUT2D eigenvalue weighted by Gasteiger charge is 2.16. The van der Waals surface area contributed by atoms with Gasteiger partial charge in [0.15, 0.2) is 5.15 Å². The number of aromatic nitrogens is 2. The number of carbonyl (C=O) groups excluding carboxylic acids is 1. The smallest absolute Gasteiger partial charge is 0.260 e. The number of hydrogen-bond acceptors (Lipinski definition) is 4. The third kappa shape index (κ3) is 2.47. The van der Waals surface area contributed by atoms with E-state index in [0.717, 1.165) is 5.56 Å². The number of anilines is 1. The largest absolute Gasteiger partial charge is 0.361 e. The first-order valence-corrected chi connectivity index (χ1v) is 5.80. The van der Waals surface area contributed by atoms with Crippen LogP contribution in [0.25, 0.3) is 0 Å². The Balaban J connectivity index is 2.31. The van der Waals surface area contributed by atoms with Crippen molar-refractivity contribution in [2.45, 2.75) is 13.8 Å². The average molecular weight is 286 g/mol. The van der Waals surface area contributed by atoms with Crippen molar-refractivity contribution in [1.82, 2.24) is 10.1 Å². The molecule has 0 radical (unpaired) electrons. The van der Waals surface area contributed by atoms with Crippen LogP contribution in [0.1, 0.15) is 21.7 Å². The molecular formula is C11H9Cl2N3O2. The van der Waals surface area contributed by atoms with E-state index in [1.807, 2.05) is 0 Å². The zero-order valence-electron chi connectivity index (χ0n) is 9.62. The molecule has 0 fully saturated rings. The molecule has 0 spiro atoms. The lowest BCUT2D eigenvalue weighted by atomic mass is 10.2. The second-order valence-electron chi connectivity index (χ2n) is 3.68. The molecule has 2 aromatic rings. The van der Waals surface area contributed by atoms with Crippen LogP contribution < -0.4 is 5.32 Å². The Hall–Kier alpha value is -1.59. The third-order valence-electron chi connectivity index (χ3n) is 2.38. The minimum absolute atomic E-state index is 0.141. The SMILES string of the molecule is Cc1cc(Cl)nc(Cl)c1NC(=O)c1cnoc1C. The van der Waals surface area contributed by atoms with Crippen LogP contribution >= 0.6 is 23.2 Å². The van der Waals surface area contributed by atoms with Gasteiger partial charge in [-0.2, -0.15) is 0 Å². The molecule has 2 heterocycles. The van der Waals surface area contributed by atoms with Gasteiger partial charge in [-0.15, -0.1) is 0 Å². The number of rotatable bonds is 2. The molecule has 0 saturated carbocycles. The van der Waals surface area contributed by atoms with Gasteiger partial charge in [0.25, 0.3) is 5.91 Å². The van der Waals surface area contributed by atoms with Gasteiger partial charge in [0.1, 0.15) is 16.5 Å². The minimum atomic E-state index is -0.358. The quantitative estimate of drug-likeness (QED) is 0.860. The fourth-order valence-electron chi connectivity index (χ4n) is 1.44. The molecule has 0 bridgehead atoms. The van der Waals surface area contributed by atoms with Gasteiger partial charge in [-0.1, -0.05) is 28.4 Å². The summed E-state index contributed by atoms with van der Waals surface area (Å²) >= 11 is 11.7. The second kappa shape index (κ2) is 4.96. The number of hydrogen-bond donors (Lipinski definition) is 1. The first-order valence-electron chi connectivity index (χ1n) is 5.04. The van der Waals surface area contributed by atoms with E-state index >= 15 is 0 Å². The number of halogens is 2. The molecular weight excluding hydrogens is 277 g/mol. The van der Waals surface area contributed by atoms with Crippen molar-refractivity contribution in [3.63, 3.8) is 0 Å². The van der Waals surface area contributed by atoms with Crippen molar-refractivity contribution >= 4 is 34.8 Å². The molecule has 0 aliphatic carbocycles. The summed E-state index contributed by atoms with van der Waals surface area (Å²) in [7, 11) is 0. The van der Waals surface area contributed by atoms with E-state index in [-0.39, 0.29) is 16.2 Å². The predicted octanol–water partition coefficient (Wildman–Crippen LogP) is 3.25. The topological polar surface area (TPSA) is 68.0 Å². The average Bonchev–Trinajstić information content (AvgIpc) is 2.69. The highest BCUT2D eigenvalue weighted by atomic mass is 35.5. The maximum absolute atomic E-state index is 12.0. The van der Waals surface area contributed by atoms with Crippen molar-refractivity contribution in [2.24, 2.45) is 0 Å². The van der Waals surface area contributed by atoms with Crippen LogP contribution in [0, 0.1) is 13.8 Å². The number of carbonyl (C=O) groups is 1. The van der Waals surface area contributed by atoms with Crippen molar-refractivity contribution in [1.29, 1.82) is 0 Å². The molecule has 2 rings (SSSR count). The standard InChI is InChI=1S/C11H9Cl2N3O2/c1-5-3-8(12)15-10(13)9(5)16-11(17)7-4-14-18-6(7)2/h3-4H,1-2H3,(H,16,17). The van der Waals surface area contributed by atoms with E-state index < -0.39 is 0 Å². The third-order valence-corrected chi connectivity index (χ3v) is 2.84. The van der Waals surface area contributed by atoms with Crippen LogP contribution in [0.4, 0.5) is 5.69 Å². The number of aryl methyl sites for hydroxylation is 2. The fourth-order valence-corrected chi connectivity index (χ4v) is 2.02. The Morgan fingerprint density at radius 3 is 2.67 bits per heavy atom. The zero-order chi connectivity index (χ0) is 13.3. The van der Waals surface area contributed by atoms with Gasteiger partial charge in [-0.05, 0) is 25.5 Å². The second-order valence-corrected chi connectivity index (χ2v) is 4.42. The van der Waals surface area contributed by atoms with Gasteiger partial charge in [0.2, 0.25) is 0 Å². The lowest BCUT2D eigenvalue weighted by Gasteiger charge is -2.09. The van der Waals surface area contributed by atoms with Crippen LogP contribution in [-0.2, 0) is 0 Å². The minimum Gasteiger partial charge on any atom is -0.361 e. The summed E-state index contributed by atoms with van der Waals surface area (Å²) in [5.41, 5.74) is 1.49. The summed E-state index contributed by atoms with van der Waals surface area (Å²) in [6.07, 6.45) is 1.34. The van der Waals surface area contributed by atoms with E-state index in [2.05, 4.69) is 15.5 Å². The highest BCUT2D eigenvalue weighted by Crippen LogP contribution is 2.27. The Morgan fingerprint density at radius 2 is 2.11 bits per heavy atom. The number of pyridine rings is 1. The van der Waals surface area contributed by atoms with Crippen molar-refractivity contribution < 1.29 is 9.32 Å². The fraction of sp³-hybridized carbons (Fsp3) is 0.182. The van der Waals surface area contributed by atoms with Crippen LogP contribution in [0.2, 0.25) is 10.3 Å². The number of nitrogens with one attached hydrogen (secondary N) is 1. The van der Waals surface area contributed by atoms with Crippen molar-refractivity contribution in [3.8, 4) is 0 Å². The lowest BCUT2D eigenvalue weighted by Crippen LogP contribution is -2.13. The molecule has 1 amide bonds. The van der Waals surface area contributed by atoms with E-state index in [1.54, 1.807) is 19.9 Å². The van der Waals surface area contributed by atoms with Crippen LogP contribution in [0.15, 0.2) is 16.8 Å². The molecule has 5 nitrogen and oxygen atoms in total. The summed E-state index contributed by atoms with van der Waals surface area (Å²) in [4.78, 5) is 15.8. The maximum atomic E-state index is 12.0. The Labute approximate surface area is 113 Å². The van der Waals surface area contributed by atoms with Gasteiger partial charge in [-0.25, -0.2) is 4.98 Å². The Morgan fingerprint density at radius 1 is 1.39 bits per heavy atom. The van der Waals surface area contributed by atoms with Crippen molar-refractivity contribution in [2.75, 3.05) is 5.32 Å². The van der Waals surface area contributed by atoms with Crippen molar-refractivity contribution in [3.05, 3.63) is 39.5 Å². The molecule has 0 aliphatic heterocycles. The van der Waals surface area contributed by atoms with Crippen LogP contribution in [-0.4, -0.2) is 16.0 Å². The summed E-state index contributed by atoms with van der Waals surface area (Å²) in [5, 5.41) is 6.61. The number of nitrogens with zero attached hydrogens (tertiary/aromatic N) is 2. The molecule has 0 saturated heterocycles. The molecule has 94 valence electrons. The van der Waals surface area contributed by atoms with E-state index in [4.69, 9.17) is 27.7 Å². The first-order chi connectivity index (χ1) is 8.49. The molecule has 0 atom stereocenters. The summed E-state index contributed by atoms with van der Waals surface area (Å²) < 4.78 is 4.82. The van der Waals surface area contributed by atoms with Crippen LogP contribution in [0.3, 0.4) is 0 Å². The summed E-state index contributed by atoms with van der Waals surface area (Å²) in [6.45, 7) is 3.42. The number of amides is 1. The van der Waals surface area contributed by atoms with Crippen LogP contribution in [0.5, 0.6) is 0 Å². The summed E-state index contributed by atoms with van der Waals surface area (Å²) in [5.74, 6) is 0.0751. The molecule has 1 N–H and O–H groups in total. The molecule has 0 aromatic carbocycles. The zero-order valence-corrected chi connectivity index (χ0v) is 11.1. The molecule has 18 heavy (non-hydrogen) atoms. The lowest BCUT2D eigenvalue weighted by molar-refractivity contribution is 0.102. The molecule has 0 unspecified atom stereocenters. The first kappa shape index (κ1) is 12.9. The Bertz CT molecular complexity index is 587. The molecule has 0 aliphatic rings.